The number of amides is 1. The first-order valence-electron chi connectivity index (χ1n) is 8.85. The number of carbonyl (C=O) groups is 1. The first-order valence-corrected chi connectivity index (χ1v) is 8.85. The minimum atomic E-state index is -0.0385. The fraction of sp³-hybridized carbons (Fsp3) is 0.474. The molecule has 3 atom stereocenters. The van der Waals surface area contributed by atoms with E-state index in [1.807, 2.05) is 30.3 Å². The Kier molecular flexibility index (Phi) is 4.65. The predicted molar refractivity (Wildman–Crippen MR) is 94.4 cm³/mol. The molecule has 1 aromatic carbocycles. The molecule has 2 N–H and O–H groups in total. The van der Waals surface area contributed by atoms with Crippen molar-refractivity contribution in [2.75, 3.05) is 26.3 Å². The highest BCUT2D eigenvalue weighted by Gasteiger charge is 2.37. The fourth-order valence-electron chi connectivity index (χ4n) is 3.85. The molecule has 3 heterocycles. The number of fused-ring (bicyclic) bond motifs is 2. The normalized spacial score (nSPS) is 26.5. The van der Waals surface area contributed by atoms with Gasteiger partial charge >= 0.3 is 0 Å². The molecule has 2 aliphatic rings. The molecule has 0 aliphatic carbocycles. The molecule has 4 rings (SSSR count). The summed E-state index contributed by atoms with van der Waals surface area (Å²) in [6.07, 6.45) is 3.43. The van der Waals surface area contributed by atoms with Gasteiger partial charge in [-0.2, -0.15) is 0 Å². The van der Waals surface area contributed by atoms with Crippen molar-refractivity contribution in [3.8, 4) is 0 Å². The maximum atomic E-state index is 12.6. The summed E-state index contributed by atoms with van der Waals surface area (Å²) in [6.45, 7) is 2.51. The number of nitrogens with one attached hydrogen (secondary N) is 1. The Hall–Kier alpha value is -2.02. The summed E-state index contributed by atoms with van der Waals surface area (Å²) < 4.78 is 5.80. The molecule has 132 valence electrons. The van der Waals surface area contributed by atoms with Crippen molar-refractivity contribution >= 4 is 16.8 Å². The Labute approximate surface area is 146 Å². The van der Waals surface area contributed by atoms with Crippen LogP contribution in [0.4, 0.5) is 0 Å². The Morgan fingerprint density at radius 1 is 1.36 bits per heavy atom. The van der Waals surface area contributed by atoms with E-state index in [4.69, 9.17) is 9.84 Å². The summed E-state index contributed by atoms with van der Waals surface area (Å²) in [5.74, 6) is -0.0385. The van der Waals surface area contributed by atoms with Gasteiger partial charge in [0.2, 0.25) is 0 Å². The number of hydrogen-bond donors (Lipinski definition) is 2. The Morgan fingerprint density at radius 3 is 3.16 bits per heavy atom. The van der Waals surface area contributed by atoms with Gasteiger partial charge in [0.05, 0.1) is 18.2 Å². The zero-order valence-corrected chi connectivity index (χ0v) is 14.1. The molecular formula is C19H23N3O3. The highest BCUT2D eigenvalue weighted by Crippen LogP contribution is 2.24. The van der Waals surface area contributed by atoms with E-state index in [1.165, 1.54) is 0 Å². The van der Waals surface area contributed by atoms with Gasteiger partial charge in [-0.05, 0) is 37.1 Å². The number of hydrogen-bond acceptors (Lipinski definition) is 5. The van der Waals surface area contributed by atoms with Crippen LogP contribution in [0.15, 0.2) is 36.5 Å². The van der Waals surface area contributed by atoms with Crippen LogP contribution in [0, 0.1) is 0 Å². The topological polar surface area (TPSA) is 74.7 Å². The van der Waals surface area contributed by atoms with E-state index in [0.717, 1.165) is 30.4 Å². The van der Waals surface area contributed by atoms with E-state index in [9.17, 15) is 4.79 Å². The smallest absolute Gasteiger partial charge is 0.251 e. The molecule has 2 saturated heterocycles. The molecule has 0 bridgehead atoms. The van der Waals surface area contributed by atoms with Crippen molar-refractivity contribution in [3.63, 3.8) is 0 Å². The Balaban J connectivity index is 1.39. The lowest BCUT2D eigenvalue weighted by atomic mass is 10.1. The lowest BCUT2D eigenvalue weighted by Crippen LogP contribution is -2.46. The lowest BCUT2D eigenvalue weighted by Gasteiger charge is -2.34. The molecular weight excluding hydrogens is 318 g/mol. The van der Waals surface area contributed by atoms with Crippen molar-refractivity contribution in [1.82, 2.24) is 15.2 Å². The number of rotatable bonds is 4. The zero-order chi connectivity index (χ0) is 17.2. The summed E-state index contributed by atoms with van der Waals surface area (Å²) in [5.41, 5.74) is 1.56. The minimum absolute atomic E-state index is 0.0385. The highest BCUT2D eigenvalue weighted by molar-refractivity contribution is 5.98. The van der Waals surface area contributed by atoms with Crippen LogP contribution < -0.4 is 5.32 Å². The van der Waals surface area contributed by atoms with Crippen LogP contribution >= 0.6 is 0 Å². The van der Waals surface area contributed by atoms with Gasteiger partial charge in [-0.1, -0.05) is 6.07 Å². The molecule has 2 aromatic rings. The monoisotopic (exact) mass is 341 g/mol. The number of benzene rings is 1. The lowest BCUT2D eigenvalue weighted by molar-refractivity contribution is -0.0566. The number of aliphatic hydroxyl groups is 1. The Bertz CT molecular complexity index is 766. The molecule has 1 aromatic heterocycles. The van der Waals surface area contributed by atoms with Crippen molar-refractivity contribution in [1.29, 1.82) is 0 Å². The number of pyridine rings is 1. The quantitative estimate of drug-likeness (QED) is 0.874. The van der Waals surface area contributed by atoms with Gasteiger partial charge in [0.15, 0.2) is 0 Å². The summed E-state index contributed by atoms with van der Waals surface area (Å²) >= 11 is 0. The van der Waals surface area contributed by atoms with E-state index in [1.54, 1.807) is 6.20 Å². The summed E-state index contributed by atoms with van der Waals surface area (Å²) in [7, 11) is 0. The van der Waals surface area contributed by atoms with E-state index in [-0.39, 0.29) is 24.7 Å². The van der Waals surface area contributed by atoms with E-state index < -0.39 is 0 Å². The molecule has 0 spiro atoms. The molecule has 2 fully saturated rings. The molecule has 6 heteroatoms. The van der Waals surface area contributed by atoms with Gasteiger partial charge in [-0.25, -0.2) is 0 Å². The Morgan fingerprint density at radius 2 is 2.28 bits per heavy atom. The predicted octanol–water partition coefficient (Wildman–Crippen LogP) is 1.19. The third kappa shape index (κ3) is 3.51. The first-order chi connectivity index (χ1) is 12.2. The van der Waals surface area contributed by atoms with Crippen LogP contribution in [-0.4, -0.2) is 65.4 Å². The third-order valence-electron chi connectivity index (χ3n) is 5.14. The zero-order valence-electron chi connectivity index (χ0n) is 14.1. The highest BCUT2D eigenvalue weighted by atomic mass is 16.5. The first kappa shape index (κ1) is 16.4. The number of nitrogens with zero attached hydrogens (tertiary/aromatic N) is 2. The van der Waals surface area contributed by atoms with E-state index >= 15 is 0 Å². The number of ether oxygens (including phenoxy) is 1. The van der Waals surface area contributed by atoms with Gasteiger partial charge in [-0.3, -0.25) is 14.7 Å². The standard InChI is InChI=1S/C19H23N3O3/c23-7-5-17-11-22-10-15(9-16(22)12-25-17)21-19(24)14-3-4-18-13(8-14)2-1-6-20-18/h1-4,6,8,15-17,23H,5,7,9-12H2,(H,21,24)/t15-,16-,17-/m0/s1. The molecule has 6 nitrogen and oxygen atoms in total. The second-order valence-electron chi connectivity index (χ2n) is 6.89. The summed E-state index contributed by atoms with van der Waals surface area (Å²) in [4.78, 5) is 19.3. The average molecular weight is 341 g/mol. The third-order valence-corrected chi connectivity index (χ3v) is 5.14. The van der Waals surface area contributed by atoms with Gasteiger partial charge in [0, 0.05) is 48.9 Å². The minimum Gasteiger partial charge on any atom is -0.396 e. The molecule has 0 radical (unpaired) electrons. The second-order valence-corrected chi connectivity index (χ2v) is 6.89. The molecule has 25 heavy (non-hydrogen) atoms. The number of aliphatic hydroxyl groups excluding tert-OH is 1. The van der Waals surface area contributed by atoms with Crippen molar-refractivity contribution < 1.29 is 14.6 Å². The van der Waals surface area contributed by atoms with Crippen LogP contribution in [0.3, 0.4) is 0 Å². The average Bonchev–Trinajstić information content (AvgIpc) is 3.03. The van der Waals surface area contributed by atoms with Gasteiger partial charge < -0.3 is 15.2 Å². The van der Waals surface area contributed by atoms with Crippen molar-refractivity contribution in [3.05, 3.63) is 42.1 Å². The maximum Gasteiger partial charge on any atom is 0.251 e. The number of aromatic nitrogens is 1. The molecule has 0 unspecified atom stereocenters. The van der Waals surface area contributed by atoms with Crippen LogP contribution in [-0.2, 0) is 4.74 Å². The fourth-order valence-corrected chi connectivity index (χ4v) is 3.85. The summed E-state index contributed by atoms with van der Waals surface area (Å²) in [5, 5.41) is 13.2. The largest absolute Gasteiger partial charge is 0.396 e. The SMILES string of the molecule is O=C(N[C@H]1C[C@H]2CO[C@@H](CCO)CN2C1)c1ccc2ncccc2c1. The summed E-state index contributed by atoms with van der Waals surface area (Å²) in [6, 6.07) is 9.94. The van der Waals surface area contributed by atoms with Crippen LogP contribution in [0.5, 0.6) is 0 Å². The molecule has 0 saturated carbocycles. The van der Waals surface area contributed by atoms with Crippen LogP contribution in [0.25, 0.3) is 10.9 Å². The van der Waals surface area contributed by atoms with Crippen LogP contribution in [0.2, 0.25) is 0 Å². The van der Waals surface area contributed by atoms with E-state index in [0.29, 0.717) is 24.6 Å². The van der Waals surface area contributed by atoms with Crippen molar-refractivity contribution in [2.45, 2.75) is 31.0 Å². The number of morpholine rings is 1. The second kappa shape index (κ2) is 7.07. The molecule has 1 amide bonds. The van der Waals surface area contributed by atoms with Gasteiger partial charge in [0.25, 0.3) is 5.91 Å². The van der Waals surface area contributed by atoms with Gasteiger partial charge in [-0.15, -0.1) is 0 Å². The number of carbonyl (C=O) groups excluding carboxylic acids is 1. The van der Waals surface area contributed by atoms with Gasteiger partial charge in [0.1, 0.15) is 0 Å². The maximum absolute atomic E-state index is 12.6. The molecule has 2 aliphatic heterocycles. The van der Waals surface area contributed by atoms with E-state index in [2.05, 4.69) is 15.2 Å². The van der Waals surface area contributed by atoms with Crippen molar-refractivity contribution in [2.24, 2.45) is 0 Å². The van der Waals surface area contributed by atoms with Crippen LogP contribution in [0.1, 0.15) is 23.2 Å².